The van der Waals surface area contributed by atoms with Crippen molar-refractivity contribution in [3.05, 3.63) is 56.7 Å². The van der Waals surface area contributed by atoms with Crippen LogP contribution in [-0.4, -0.2) is 6.54 Å². The molecule has 1 aromatic carbocycles. The molecule has 0 spiro atoms. The van der Waals surface area contributed by atoms with Crippen LogP contribution in [0, 0.1) is 6.92 Å². The minimum absolute atomic E-state index is 0.193. The molecule has 1 atom stereocenters. The average molecular weight is 266 g/mol. The molecule has 0 aliphatic heterocycles. The van der Waals surface area contributed by atoms with Crippen molar-refractivity contribution >= 4 is 22.9 Å². The molecule has 0 aliphatic rings. The third-order valence-corrected chi connectivity index (χ3v) is 4.04. The standard InChI is InChI=1S/C14H16ClNS/c1-3-16-14(11-7-8-17-9-11)12-6-4-5-10(2)13(12)15/h4-9,14,16H,3H2,1-2H3. The highest BCUT2D eigenvalue weighted by atomic mass is 35.5. The Labute approximate surface area is 111 Å². The van der Waals surface area contributed by atoms with E-state index in [2.05, 4.69) is 41.2 Å². The summed E-state index contributed by atoms with van der Waals surface area (Å²) in [5, 5.41) is 8.63. The van der Waals surface area contributed by atoms with Gasteiger partial charge in [0.2, 0.25) is 0 Å². The summed E-state index contributed by atoms with van der Waals surface area (Å²) in [5.74, 6) is 0. The summed E-state index contributed by atoms with van der Waals surface area (Å²) in [7, 11) is 0. The van der Waals surface area contributed by atoms with Crippen molar-refractivity contribution in [3.63, 3.8) is 0 Å². The average Bonchev–Trinajstić information content (AvgIpc) is 2.84. The number of rotatable bonds is 4. The molecule has 1 N–H and O–H groups in total. The van der Waals surface area contributed by atoms with Gasteiger partial charge in [0.15, 0.2) is 0 Å². The molecule has 0 radical (unpaired) electrons. The maximum absolute atomic E-state index is 6.40. The number of hydrogen-bond acceptors (Lipinski definition) is 2. The molecule has 1 nitrogen and oxygen atoms in total. The van der Waals surface area contributed by atoms with Gasteiger partial charge in [-0.1, -0.05) is 36.7 Å². The number of aryl methyl sites for hydroxylation is 1. The molecule has 2 rings (SSSR count). The molecule has 17 heavy (non-hydrogen) atoms. The van der Waals surface area contributed by atoms with Crippen LogP contribution in [-0.2, 0) is 0 Å². The fourth-order valence-electron chi connectivity index (χ4n) is 1.94. The Balaban J connectivity index is 2.43. The predicted molar refractivity (Wildman–Crippen MR) is 76.0 cm³/mol. The molecular formula is C14H16ClNS. The maximum Gasteiger partial charge on any atom is 0.0599 e. The molecule has 0 saturated heterocycles. The van der Waals surface area contributed by atoms with Gasteiger partial charge in [0.05, 0.1) is 6.04 Å². The van der Waals surface area contributed by atoms with E-state index in [0.29, 0.717) is 0 Å². The summed E-state index contributed by atoms with van der Waals surface area (Å²) in [6, 6.07) is 8.55. The third kappa shape index (κ3) is 2.71. The zero-order valence-corrected chi connectivity index (χ0v) is 11.6. The van der Waals surface area contributed by atoms with Gasteiger partial charge in [-0.2, -0.15) is 11.3 Å². The van der Waals surface area contributed by atoms with Crippen molar-refractivity contribution < 1.29 is 0 Å². The SMILES string of the molecule is CCNC(c1ccsc1)c1cccc(C)c1Cl. The predicted octanol–water partition coefficient (Wildman–Crippen LogP) is 4.41. The fourth-order valence-corrected chi connectivity index (χ4v) is 2.86. The minimum Gasteiger partial charge on any atom is -0.306 e. The Morgan fingerprint density at radius 2 is 2.18 bits per heavy atom. The lowest BCUT2D eigenvalue weighted by Crippen LogP contribution is -2.21. The summed E-state index contributed by atoms with van der Waals surface area (Å²) in [5.41, 5.74) is 3.57. The van der Waals surface area contributed by atoms with Crippen LogP contribution in [0.3, 0.4) is 0 Å². The highest BCUT2D eigenvalue weighted by Gasteiger charge is 2.16. The number of hydrogen-bond donors (Lipinski definition) is 1. The molecule has 1 heterocycles. The Morgan fingerprint density at radius 3 is 2.82 bits per heavy atom. The minimum atomic E-state index is 0.193. The molecule has 3 heteroatoms. The van der Waals surface area contributed by atoms with E-state index in [1.165, 1.54) is 5.56 Å². The van der Waals surface area contributed by atoms with E-state index >= 15 is 0 Å². The topological polar surface area (TPSA) is 12.0 Å². The second-order valence-corrected chi connectivity index (χ2v) is 5.18. The van der Waals surface area contributed by atoms with Crippen LogP contribution in [0.2, 0.25) is 5.02 Å². The van der Waals surface area contributed by atoms with Gasteiger partial charge in [-0.25, -0.2) is 0 Å². The first-order valence-corrected chi connectivity index (χ1v) is 7.06. The smallest absolute Gasteiger partial charge is 0.0599 e. The normalized spacial score (nSPS) is 12.6. The zero-order valence-electron chi connectivity index (χ0n) is 10.0. The van der Waals surface area contributed by atoms with Crippen LogP contribution in [0.4, 0.5) is 0 Å². The first kappa shape index (κ1) is 12.6. The van der Waals surface area contributed by atoms with E-state index in [4.69, 9.17) is 11.6 Å². The van der Waals surface area contributed by atoms with Crippen molar-refractivity contribution in [3.8, 4) is 0 Å². The van der Waals surface area contributed by atoms with Gasteiger partial charge in [0, 0.05) is 5.02 Å². The molecule has 90 valence electrons. The van der Waals surface area contributed by atoms with E-state index in [9.17, 15) is 0 Å². The van der Waals surface area contributed by atoms with E-state index in [1.807, 2.05) is 13.0 Å². The first-order valence-electron chi connectivity index (χ1n) is 5.74. The van der Waals surface area contributed by atoms with Gasteiger partial charge in [-0.3, -0.25) is 0 Å². The fraction of sp³-hybridized carbons (Fsp3) is 0.286. The number of thiophene rings is 1. The quantitative estimate of drug-likeness (QED) is 0.864. The van der Waals surface area contributed by atoms with Crippen LogP contribution in [0.5, 0.6) is 0 Å². The molecule has 0 fully saturated rings. The van der Waals surface area contributed by atoms with E-state index in [0.717, 1.165) is 22.7 Å². The van der Waals surface area contributed by atoms with Crippen LogP contribution in [0.1, 0.15) is 29.7 Å². The third-order valence-electron chi connectivity index (χ3n) is 2.82. The number of nitrogens with one attached hydrogen (secondary N) is 1. The van der Waals surface area contributed by atoms with Gasteiger partial charge < -0.3 is 5.32 Å². The summed E-state index contributed by atoms with van der Waals surface area (Å²) in [6.07, 6.45) is 0. The number of benzene rings is 1. The van der Waals surface area contributed by atoms with Gasteiger partial charge in [0.1, 0.15) is 0 Å². The lowest BCUT2D eigenvalue weighted by Gasteiger charge is -2.19. The second kappa shape index (κ2) is 5.67. The molecular weight excluding hydrogens is 250 g/mol. The largest absolute Gasteiger partial charge is 0.306 e. The van der Waals surface area contributed by atoms with Gasteiger partial charge in [-0.05, 0) is 47.0 Å². The summed E-state index contributed by atoms with van der Waals surface area (Å²) in [6.45, 7) is 5.08. The highest BCUT2D eigenvalue weighted by molar-refractivity contribution is 7.08. The molecule has 1 aromatic heterocycles. The Hall–Kier alpha value is -0.830. The molecule has 0 bridgehead atoms. The zero-order chi connectivity index (χ0) is 12.3. The monoisotopic (exact) mass is 265 g/mol. The Bertz CT molecular complexity index is 479. The van der Waals surface area contributed by atoms with Gasteiger partial charge in [0.25, 0.3) is 0 Å². The van der Waals surface area contributed by atoms with Gasteiger partial charge >= 0.3 is 0 Å². The second-order valence-electron chi connectivity index (χ2n) is 4.03. The maximum atomic E-state index is 6.40. The van der Waals surface area contributed by atoms with Crippen molar-refractivity contribution in [2.75, 3.05) is 6.54 Å². The van der Waals surface area contributed by atoms with E-state index < -0.39 is 0 Å². The summed E-state index contributed by atoms with van der Waals surface area (Å²) >= 11 is 8.12. The van der Waals surface area contributed by atoms with Gasteiger partial charge in [-0.15, -0.1) is 0 Å². The summed E-state index contributed by atoms with van der Waals surface area (Å²) < 4.78 is 0. The van der Waals surface area contributed by atoms with Crippen LogP contribution < -0.4 is 5.32 Å². The molecule has 0 saturated carbocycles. The van der Waals surface area contributed by atoms with Crippen LogP contribution in [0.15, 0.2) is 35.0 Å². The Morgan fingerprint density at radius 1 is 1.35 bits per heavy atom. The first-order chi connectivity index (χ1) is 8.24. The van der Waals surface area contributed by atoms with E-state index in [1.54, 1.807) is 11.3 Å². The molecule has 1 unspecified atom stereocenters. The lowest BCUT2D eigenvalue weighted by atomic mass is 9.99. The van der Waals surface area contributed by atoms with Crippen molar-refractivity contribution in [2.45, 2.75) is 19.9 Å². The van der Waals surface area contributed by atoms with Crippen molar-refractivity contribution in [1.29, 1.82) is 0 Å². The van der Waals surface area contributed by atoms with Crippen LogP contribution >= 0.6 is 22.9 Å². The van der Waals surface area contributed by atoms with Crippen molar-refractivity contribution in [2.24, 2.45) is 0 Å². The lowest BCUT2D eigenvalue weighted by molar-refractivity contribution is 0.632. The summed E-state index contributed by atoms with van der Waals surface area (Å²) in [4.78, 5) is 0. The molecule has 0 aliphatic carbocycles. The van der Waals surface area contributed by atoms with Crippen molar-refractivity contribution in [1.82, 2.24) is 5.32 Å². The molecule has 2 aromatic rings. The number of halogens is 1. The molecule has 0 amide bonds. The Kier molecular flexibility index (Phi) is 4.21. The van der Waals surface area contributed by atoms with E-state index in [-0.39, 0.29) is 6.04 Å². The van der Waals surface area contributed by atoms with Crippen LogP contribution in [0.25, 0.3) is 0 Å². The highest BCUT2D eigenvalue weighted by Crippen LogP contribution is 2.31.